The monoisotopic (exact) mass is 180 g/mol. The number of oxazole rings is 1. The van der Waals surface area contributed by atoms with Gasteiger partial charge in [-0.05, 0) is 32.2 Å². The summed E-state index contributed by atoms with van der Waals surface area (Å²) in [4.78, 5) is 3.90. The van der Waals surface area contributed by atoms with E-state index in [1.165, 1.54) is 25.7 Å². The molecule has 1 saturated carbocycles. The number of nitrogens with one attached hydrogen (secondary N) is 1. The van der Waals surface area contributed by atoms with Crippen molar-refractivity contribution in [2.45, 2.75) is 32.2 Å². The van der Waals surface area contributed by atoms with Gasteiger partial charge in [-0.3, -0.25) is 0 Å². The molecular weight excluding hydrogens is 164 g/mol. The minimum absolute atomic E-state index is 0.295. The van der Waals surface area contributed by atoms with Gasteiger partial charge in [0.2, 0.25) is 0 Å². The van der Waals surface area contributed by atoms with Gasteiger partial charge in [-0.25, -0.2) is 4.98 Å². The van der Waals surface area contributed by atoms with Crippen molar-refractivity contribution in [1.29, 1.82) is 0 Å². The average Bonchev–Trinajstić information content (AvgIpc) is 2.52. The van der Waals surface area contributed by atoms with E-state index in [4.69, 9.17) is 4.42 Å². The molecule has 0 saturated heterocycles. The van der Waals surface area contributed by atoms with Crippen LogP contribution in [0, 0.1) is 5.92 Å². The van der Waals surface area contributed by atoms with Crippen molar-refractivity contribution < 1.29 is 4.42 Å². The molecule has 0 spiro atoms. The Balaban J connectivity index is 1.74. The van der Waals surface area contributed by atoms with Crippen molar-refractivity contribution in [3.63, 3.8) is 0 Å². The smallest absolute Gasteiger partial charge is 0.180 e. The average molecular weight is 180 g/mol. The van der Waals surface area contributed by atoms with Crippen LogP contribution in [0.5, 0.6) is 0 Å². The molecule has 0 radical (unpaired) electrons. The van der Waals surface area contributed by atoms with Gasteiger partial charge in [0.15, 0.2) is 6.39 Å². The summed E-state index contributed by atoms with van der Waals surface area (Å²) in [5.74, 6) is 1.82. The molecule has 72 valence electrons. The van der Waals surface area contributed by atoms with Gasteiger partial charge in [0.05, 0.1) is 12.2 Å². The maximum absolute atomic E-state index is 5.21. The van der Waals surface area contributed by atoms with Crippen LogP contribution in [0.1, 0.15) is 38.0 Å². The second-order valence-corrected chi connectivity index (χ2v) is 3.83. The Morgan fingerprint density at radius 2 is 2.54 bits per heavy atom. The van der Waals surface area contributed by atoms with Gasteiger partial charge in [0.1, 0.15) is 5.76 Å². The van der Waals surface area contributed by atoms with Crippen LogP contribution in [0.15, 0.2) is 17.0 Å². The third-order valence-electron chi connectivity index (χ3n) is 2.82. The Kier molecular flexibility index (Phi) is 2.64. The number of rotatable bonds is 4. The molecule has 0 aliphatic heterocycles. The summed E-state index contributed by atoms with van der Waals surface area (Å²) in [5, 5.41) is 3.45. The van der Waals surface area contributed by atoms with E-state index < -0.39 is 0 Å². The van der Waals surface area contributed by atoms with E-state index in [0.717, 1.165) is 18.2 Å². The summed E-state index contributed by atoms with van der Waals surface area (Å²) in [6, 6.07) is 0.295. The van der Waals surface area contributed by atoms with Crippen molar-refractivity contribution in [1.82, 2.24) is 10.3 Å². The molecule has 3 heteroatoms. The van der Waals surface area contributed by atoms with E-state index in [-0.39, 0.29) is 0 Å². The van der Waals surface area contributed by atoms with Crippen molar-refractivity contribution in [2.75, 3.05) is 6.54 Å². The Hall–Kier alpha value is -0.830. The molecule has 1 N–H and O–H groups in total. The number of hydrogen-bond acceptors (Lipinski definition) is 3. The zero-order chi connectivity index (χ0) is 9.10. The summed E-state index contributed by atoms with van der Waals surface area (Å²) in [7, 11) is 0. The van der Waals surface area contributed by atoms with Crippen LogP contribution in [-0.2, 0) is 0 Å². The molecule has 1 aromatic rings. The van der Waals surface area contributed by atoms with Gasteiger partial charge in [-0.1, -0.05) is 6.42 Å². The quantitative estimate of drug-likeness (QED) is 0.771. The second kappa shape index (κ2) is 3.92. The summed E-state index contributed by atoms with van der Waals surface area (Å²) < 4.78 is 5.21. The van der Waals surface area contributed by atoms with Gasteiger partial charge in [0.25, 0.3) is 0 Å². The normalized spacial score (nSPS) is 19.8. The lowest BCUT2D eigenvalue weighted by molar-refractivity contribution is 0.285. The second-order valence-electron chi connectivity index (χ2n) is 3.83. The third kappa shape index (κ3) is 2.10. The molecule has 0 aromatic carbocycles. The fourth-order valence-electron chi connectivity index (χ4n) is 1.58. The van der Waals surface area contributed by atoms with Gasteiger partial charge >= 0.3 is 0 Å². The molecule has 3 nitrogen and oxygen atoms in total. The Bertz CT molecular complexity index is 241. The highest BCUT2D eigenvalue weighted by molar-refractivity contribution is 4.95. The molecule has 1 heterocycles. The topological polar surface area (TPSA) is 38.1 Å². The third-order valence-corrected chi connectivity index (χ3v) is 2.82. The zero-order valence-electron chi connectivity index (χ0n) is 7.99. The molecule has 2 rings (SSSR count). The first-order chi connectivity index (χ1) is 6.36. The highest BCUT2D eigenvalue weighted by Crippen LogP contribution is 2.26. The fourth-order valence-corrected chi connectivity index (χ4v) is 1.58. The van der Waals surface area contributed by atoms with Crippen molar-refractivity contribution in [3.8, 4) is 0 Å². The van der Waals surface area contributed by atoms with Crippen LogP contribution in [0.4, 0.5) is 0 Å². The van der Waals surface area contributed by atoms with Gasteiger partial charge in [-0.15, -0.1) is 0 Å². The van der Waals surface area contributed by atoms with E-state index >= 15 is 0 Å². The molecule has 0 bridgehead atoms. The highest BCUT2D eigenvalue weighted by atomic mass is 16.3. The molecular formula is C10H16N2O. The minimum atomic E-state index is 0.295. The van der Waals surface area contributed by atoms with Crippen molar-refractivity contribution in [2.24, 2.45) is 5.92 Å². The SMILES string of the molecule is CC(NCC1CCC1)c1cnco1. The van der Waals surface area contributed by atoms with E-state index in [1.807, 2.05) is 0 Å². The maximum Gasteiger partial charge on any atom is 0.180 e. The van der Waals surface area contributed by atoms with Crippen LogP contribution in [0.2, 0.25) is 0 Å². The van der Waals surface area contributed by atoms with Gasteiger partial charge < -0.3 is 9.73 Å². The summed E-state index contributed by atoms with van der Waals surface area (Å²) >= 11 is 0. The summed E-state index contributed by atoms with van der Waals surface area (Å²) in [6.45, 7) is 3.22. The Labute approximate surface area is 78.5 Å². The summed E-state index contributed by atoms with van der Waals surface area (Å²) in [5.41, 5.74) is 0. The van der Waals surface area contributed by atoms with E-state index in [0.29, 0.717) is 6.04 Å². The Morgan fingerprint density at radius 3 is 3.08 bits per heavy atom. The van der Waals surface area contributed by atoms with E-state index in [2.05, 4.69) is 17.2 Å². The maximum atomic E-state index is 5.21. The fraction of sp³-hybridized carbons (Fsp3) is 0.700. The summed E-state index contributed by atoms with van der Waals surface area (Å²) in [6.07, 6.45) is 7.44. The molecule has 1 aliphatic rings. The highest BCUT2D eigenvalue weighted by Gasteiger charge is 2.18. The first kappa shape index (κ1) is 8.75. The van der Waals surface area contributed by atoms with E-state index in [1.54, 1.807) is 6.20 Å². The van der Waals surface area contributed by atoms with E-state index in [9.17, 15) is 0 Å². The largest absolute Gasteiger partial charge is 0.447 e. The molecule has 13 heavy (non-hydrogen) atoms. The van der Waals surface area contributed by atoms with Gasteiger partial charge in [-0.2, -0.15) is 0 Å². The van der Waals surface area contributed by atoms with Crippen LogP contribution < -0.4 is 5.32 Å². The van der Waals surface area contributed by atoms with Crippen LogP contribution in [0.3, 0.4) is 0 Å². The molecule has 1 fully saturated rings. The lowest BCUT2D eigenvalue weighted by atomic mass is 9.85. The molecule has 1 aromatic heterocycles. The first-order valence-electron chi connectivity index (χ1n) is 4.98. The predicted octanol–water partition coefficient (Wildman–Crippen LogP) is 2.13. The molecule has 1 unspecified atom stereocenters. The van der Waals surface area contributed by atoms with Crippen molar-refractivity contribution >= 4 is 0 Å². The predicted molar refractivity (Wildman–Crippen MR) is 50.3 cm³/mol. The van der Waals surface area contributed by atoms with Gasteiger partial charge in [0, 0.05) is 0 Å². The van der Waals surface area contributed by atoms with Crippen molar-refractivity contribution in [3.05, 3.63) is 18.4 Å². The Morgan fingerprint density at radius 1 is 1.69 bits per heavy atom. The first-order valence-corrected chi connectivity index (χ1v) is 4.98. The number of nitrogens with zero attached hydrogens (tertiary/aromatic N) is 1. The van der Waals surface area contributed by atoms with Crippen LogP contribution in [0.25, 0.3) is 0 Å². The standard InChI is InChI=1S/C10H16N2O/c1-8(10-6-11-7-13-10)12-5-9-3-2-4-9/h6-9,12H,2-5H2,1H3. The van der Waals surface area contributed by atoms with Crippen LogP contribution in [-0.4, -0.2) is 11.5 Å². The number of aromatic nitrogens is 1. The molecule has 0 amide bonds. The minimum Gasteiger partial charge on any atom is -0.447 e. The molecule has 1 atom stereocenters. The lowest BCUT2D eigenvalue weighted by Crippen LogP contribution is -2.29. The lowest BCUT2D eigenvalue weighted by Gasteiger charge is -2.26. The number of hydrogen-bond donors (Lipinski definition) is 1. The molecule has 1 aliphatic carbocycles. The zero-order valence-corrected chi connectivity index (χ0v) is 7.99. The van der Waals surface area contributed by atoms with Crippen LogP contribution >= 0.6 is 0 Å².